The Morgan fingerprint density at radius 3 is 2.61 bits per heavy atom. The second-order valence-corrected chi connectivity index (χ2v) is 6.53. The third kappa shape index (κ3) is 3.18. The largest absolute Gasteiger partial charge is 0.453 e. The summed E-state index contributed by atoms with van der Waals surface area (Å²) in [5.41, 5.74) is 0.338. The zero-order chi connectivity index (χ0) is 13.0. The Hall–Kier alpha value is -0.280. The van der Waals surface area contributed by atoms with E-state index in [1.54, 1.807) is 0 Å². The Morgan fingerprint density at radius 1 is 1.33 bits per heavy atom. The van der Waals surface area contributed by atoms with E-state index in [2.05, 4.69) is 41.2 Å². The van der Waals surface area contributed by atoms with Crippen LogP contribution in [-0.2, 0) is 0 Å². The lowest BCUT2D eigenvalue weighted by molar-refractivity contribution is 0.128. The molecule has 102 valence electrons. The molecule has 1 saturated carbocycles. The van der Waals surface area contributed by atoms with Crippen LogP contribution in [0.25, 0.3) is 0 Å². The average Bonchev–Trinajstić information content (AvgIpc) is 2.77. The lowest BCUT2D eigenvalue weighted by atomic mass is 9.70. The maximum Gasteiger partial charge on any atom is 0.169 e. The molecule has 1 aromatic heterocycles. The summed E-state index contributed by atoms with van der Waals surface area (Å²) in [6.07, 6.45) is 7.84. The van der Waals surface area contributed by atoms with Gasteiger partial charge in [0.1, 0.15) is 5.76 Å². The van der Waals surface area contributed by atoms with Crippen LogP contribution >= 0.6 is 15.9 Å². The molecule has 0 spiro atoms. The zero-order valence-corrected chi connectivity index (χ0v) is 13.1. The maximum atomic E-state index is 5.82. The SMILES string of the molecule is CCCNC(c1ccc(Br)o1)C1(C)CCCCC1. The Balaban J connectivity index is 2.18. The highest BCUT2D eigenvalue weighted by molar-refractivity contribution is 9.10. The van der Waals surface area contributed by atoms with Gasteiger partial charge in [-0.15, -0.1) is 0 Å². The molecule has 1 N–H and O–H groups in total. The molecule has 1 unspecified atom stereocenters. The van der Waals surface area contributed by atoms with Crippen molar-refractivity contribution < 1.29 is 4.42 Å². The minimum absolute atomic E-state index is 0.338. The maximum absolute atomic E-state index is 5.82. The molecule has 0 aliphatic heterocycles. The molecule has 2 nitrogen and oxygen atoms in total. The lowest BCUT2D eigenvalue weighted by Crippen LogP contribution is -2.38. The number of nitrogens with one attached hydrogen (secondary N) is 1. The fraction of sp³-hybridized carbons (Fsp3) is 0.733. The zero-order valence-electron chi connectivity index (χ0n) is 11.5. The van der Waals surface area contributed by atoms with E-state index in [4.69, 9.17) is 4.42 Å². The number of hydrogen-bond donors (Lipinski definition) is 1. The molecule has 0 aromatic carbocycles. The topological polar surface area (TPSA) is 25.2 Å². The fourth-order valence-corrected chi connectivity index (χ4v) is 3.43. The van der Waals surface area contributed by atoms with Crippen LogP contribution in [0.4, 0.5) is 0 Å². The average molecular weight is 314 g/mol. The number of furan rings is 1. The van der Waals surface area contributed by atoms with Crippen molar-refractivity contribution in [1.82, 2.24) is 5.32 Å². The summed E-state index contributed by atoms with van der Waals surface area (Å²) in [6, 6.07) is 4.46. The number of hydrogen-bond acceptors (Lipinski definition) is 2. The first kappa shape index (κ1) is 14.1. The van der Waals surface area contributed by atoms with E-state index < -0.39 is 0 Å². The van der Waals surface area contributed by atoms with Crippen LogP contribution in [0.5, 0.6) is 0 Å². The van der Waals surface area contributed by atoms with E-state index in [9.17, 15) is 0 Å². The summed E-state index contributed by atoms with van der Waals surface area (Å²) >= 11 is 3.42. The van der Waals surface area contributed by atoms with Crippen LogP contribution in [0, 0.1) is 5.41 Å². The summed E-state index contributed by atoms with van der Waals surface area (Å²) in [4.78, 5) is 0. The lowest BCUT2D eigenvalue weighted by Gasteiger charge is -2.40. The van der Waals surface area contributed by atoms with Crippen LogP contribution in [0.2, 0.25) is 0 Å². The van der Waals surface area contributed by atoms with Gasteiger partial charge in [-0.1, -0.05) is 33.1 Å². The quantitative estimate of drug-likeness (QED) is 0.822. The molecule has 0 saturated heterocycles. The van der Waals surface area contributed by atoms with Crippen molar-refractivity contribution in [3.8, 4) is 0 Å². The standard InChI is InChI=1S/C15H24BrNO/c1-3-11-17-14(12-7-8-13(16)18-12)15(2)9-5-4-6-10-15/h7-8,14,17H,3-6,9-11H2,1-2H3. The van der Waals surface area contributed by atoms with Crippen molar-refractivity contribution in [1.29, 1.82) is 0 Å². The van der Waals surface area contributed by atoms with E-state index in [0.29, 0.717) is 11.5 Å². The fourth-order valence-electron chi connectivity index (χ4n) is 3.11. The Morgan fingerprint density at radius 2 is 2.06 bits per heavy atom. The summed E-state index contributed by atoms with van der Waals surface area (Å²) < 4.78 is 6.65. The minimum atomic E-state index is 0.338. The van der Waals surface area contributed by atoms with Crippen molar-refractivity contribution in [3.05, 3.63) is 22.6 Å². The molecule has 0 bridgehead atoms. The molecule has 1 atom stereocenters. The Kier molecular flexibility index (Phi) is 4.91. The van der Waals surface area contributed by atoms with Gasteiger partial charge in [0.05, 0.1) is 6.04 Å². The smallest absolute Gasteiger partial charge is 0.169 e. The monoisotopic (exact) mass is 313 g/mol. The van der Waals surface area contributed by atoms with Gasteiger partial charge in [0.25, 0.3) is 0 Å². The highest BCUT2D eigenvalue weighted by atomic mass is 79.9. The van der Waals surface area contributed by atoms with Crippen LogP contribution in [0.3, 0.4) is 0 Å². The number of rotatable bonds is 5. The Bertz CT molecular complexity index is 368. The first-order valence-electron chi connectivity index (χ1n) is 7.14. The first-order chi connectivity index (χ1) is 8.65. The summed E-state index contributed by atoms with van der Waals surface area (Å²) in [5.74, 6) is 1.08. The molecule has 1 aliphatic rings. The Labute approximate surface area is 119 Å². The molecule has 1 heterocycles. The molecular formula is C15H24BrNO. The van der Waals surface area contributed by atoms with Gasteiger partial charge in [-0.05, 0) is 59.3 Å². The predicted octanol–water partition coefficient (Wildman–Crippen LogP) is 5.05. The van der Waals surface area contributed by atoms with Gasteiger partial charge >= 0.3 is 0 Å². The third-order valence-corrected chi connectivity index (χ3v) is 4.60. The molecule has 0 radical (unpaired) electrons. The van der Waals surface area contributed by atoms with E-state index in [0.717, 1.165) is 23.4 Å². The van der Waals surface area contributed by atoms with Crippen molar-refractivity contribution in [2.75, 3.05) is 6.54 Å². The number of halogens is 1. The van der Waals surface area contributed by atoms with Crippen LogP contribution in [0.1, 0.15) is 64.2 Å². The van der Waals surface area contributed by atoms with Crippen molar-refractivity contribution in [2.45, 2.75) is 58.4 Å². The van der Waals surface area contributed by atoms with Gasteiger partial charge in [-0.2, -0.15) is 0 Å². The molecule has 1 fully saturated rings. The van der Waals surface area contributed by atoms with E-state index in [1.165, 1.54) is 32.1 Å². The van der Waals surface area contributed by atoms with Gasteiger partial charge in [0, 0.05) is 0 Å². The van der Waals surface area contributed by atoms with Crippen molar-refractivity contribution >= 4 is 15.9 Å². The van der Waals surface area contributed by atoms with Gasteiger partial charge in [-0.25, -0.2) is 0 Å². The molecule has 0 amide bonds. The van der Waals surface area contributed by atoms with Crippen molar-refractivity contribution in [2.24, 2.45) is 5.41 Å². The normalized spacial score (nSPS) is 20.8. The molecular weight excluding hydrogens is 290 g/mol. The van der Waals surface area contributed by atoms with E-state index in [1.807, 2.05) is 6.07 Å². The molecule has 2 rings (SSSR count). The van der Waals surface area contributed by atoms with Crippen LogP contribution in [-0.4, -0.2) is 6.54 Å². The second-order valence-electron chi connectivity index (χ2n) is 5.74. The first-order valence-corrected chi connectivity index (χ1v) is 7.93. The van der Waals surface area contributed by atoms with Gasteiger partial charge < -0.3 is 9.73 Å². The van der Waals surface area contributed by atoms with Gasteiger partial charge in [0.15, 0.2) is 4.67 Å². The van der Waals surface area contributed by atoms with Gasteiger partial charge in [0.2, 0.25) is 0 Å². The van der Waals surface area contributed by atoms with Crippen LogP contribution in [0.15, 0.2) is 21.2 Å². The highest BCUT2D eigenvalue weighted by Gasteiger charge is 2.37. The molecule has 1 aromatic rings. The molecule has 3 heteroatoms. The van der Waals surface area contributed by atoms with Gasteiger partial charge in [-0.3, -0.25) is 0 Å². The van der Waals surface area contributed by atoms with Crippen LogP contribution < -0.4 is 5.32 Å². The second kappa shape index (κ2) is 6.25. The van der Waals surface area contributed by atoms with Crippen molar-refractivity contribution in [3.63, 3.8) is 0 Å². The summed E-state index contributed by atoms with van der Waals surface area (Å²) in [5, 5.41) is 3.69. The predicted molar refractivity (Wildman–Crippen MR) is 78.6 cm³/mol. The third-order valence-electron chi connectivity index (χ3n) is 4.17. The van der Waals surface area contributed by atoms with E-state index >= 15 is 0 Å². The van der Waals surface area contributed by atoms with E-state index in [-0.39, 0.29) is 0 Å². The minimum Gasteiger partial charge on any atom is -0.453 e. The molecule has 18 heavy (non-hydrogen) atoms. The summed E-state index contributed by atoms with van der Waals surface area (Å²) in [7, 11) is 0. The highest BCUT2D eigenvalue weighted by Crippen LogP contribution is 2.46. The summed E-state index contributed by atoms with van der Waals surface area (Å²) in [6.45, 7) is 5.68. The molecule has 1 aliphatic carbocycles.